The van der Waals surface area contributed by atoms with Crippen LogP contribution in [0.4, 0.5) is 4.39 Å². The molecule has 1 atom stereocenters. The summed E-state index contributed by atoms with van der Waals surface area (Å²) < 4.78 is 14.2. The van der Waals surface area contributed by atoms with E-state index in [1.165, 1.54) is 30.3 Å². The molecule has 5 nitrogen and oxygen atoms in total. The van der Waals surface area contributed by atoms with Crippen LogP contribution in [0.2, 0.25) is 0 Å². The third-order valence-electron chi connectivity index (χ3n) is 2.92. The molecule has 1 unspecified atom stereocenters. The second-order valence-corrected chi connectivity index (χ2v) is 5.16. The normalized spacial score (nSPS) is 13.5. The van der Waals surface area contributed by atoms with E-state index in [-0.39, 0.29) is 5.56 Å². The fraction of sp³-hybridized carbons (Fsp3) is 0.0714. The summed E-state index contributed by atoms with van der Waals surface area (Å²) in [6, 6.07) is 10.5. The zero-order valence-corrected chi connectivity index (χ0v) is 12.1. The van der Waals surface area contributed by atoms with Crippen LogP contribution in [-0.4, -0.2) is 15.8 Å². The van der Waals surface area contributed by atoms with Gasteiger partial charge in [0.2, 0.25) is 0 Å². The van der Waals surface area contributed by atoms with Gasteiger partial charge < -0.3 is 5.11 Å². The Kier molecular flexibility index (Phi) is 4.15. The standard InChI is InChI=1S/C14H9BrFNO4/c15-10-6-7-12(16)11(8-10)14(19,17(20)21)13(18)9-4-2-1-3-5-9/h1-8,19H. The van der Waals surface area contributed by atoms with Crippen molar-refractivity contribution in [3.63, 3.8) is 0 Å². The Bertz CT molecular complexity index is 707. The lowest BCUT2D eigenvalue weighted by Gasteiger charge is -2.19. The maximum absolute atomic E-state index is 13.9. The van der Waals surface area contributed by atoms with Gasteiger partial charge in [-0.3, -0.25) is 14.9 Å². The Labute approximate surface area is 127 Å². The van der Waals surface area contributed by atoms with E-state index in [1.54, 1.807) is 6.07 Å². The number of hydrogen-bond acceptors (Lipinski definition) is 4. The number of rotatable bonds is 4. The molecular weight excluding hydrogens is 345 g/mol. The molecule has 0 bridgehead atoms. The molecule has 21 heavy (non-hydrogen) atoms. The van der Waals surface area contributed by atoms with E-state index in [1.807, 2.05) is 0 Å². The molecule has 0 heterocycles. The van der Waals surface area contributed by atoms with Crippen molar-refractivity contribution in [1.82, 2.24) is 0 Å². The zero-order chi connectivity index (χ0) is 15.6. The highest BCUT2D eigenvalue weighted by Crippen LogP contribution is 2.30. The van der Waals surface area contributed by atoms with Crippen molar-refractivity contribution in [3.8, 4) is 0 Å². The van der Waals surface area contributed by atoms with E-state index in [0.29, 0.717) is 4.47 Å². The van der Waals surface area contributed by atoms with Crippen LogP contribution < -0.4 is 0 Å². The first-order chi connectivity index (χ1) is 9.87. The number of nitro groups is 1. The third-order valence-corrected chi connectivity index (χ3v) is 3.41. The van der Waals surface area contributed by atoms with Crippen molar-refractivity contribution >= 4 is 21.7 Å². The van der Waals surface area contributed by atoms with Crippen molar-refractivity contribution in [2.75, 3.05) is 0 Å². The van der Waals surface area contributed by atoms with E-state index in [0.717, 1.165) is 12.1 Å². The number of Topliss-reactive ketones (excluding diaryl/α,β-unsaturated/α-hetero) is 1. The molecule has 0 aliphatic rings. The summed E-state index contributed by atoms with van der Waals surface area (Å²) in [5.74, 6) is -2.24. The molecule has 0 spiro atoms. The molecule has 0 radical (unpaired) electrons. The Morgan fingerprint density at radius 3 is 2.43 bits per heavy atom. The van der Waals surface area contributed by atoms with E-state index in [9.17, 15) is 24.4 Å². The minimum Gasteiger partial charge on any atom is -0.320 e. The van der Waals surface area contributed by atoms with Crippen LogP contribution in [-0.2, 0) is 5.72 Å². The van der Waals surface area contributed by atoms with Gasteiger partial charge in [-0.1, -0.05) is 46.3 Å². The largest absolute Gasteiger partial charge is 0.415 e. The van der Waals surface area contributed by atoms with Gasteiger partial charge in [0, 0.05) is 10.0 Å². The van der Waals surface area contributed by atoms with Gasteiger partial charge in [0.1, 0.15) is 11.4 Å². The first-order valence-corrected chi connectivity index (χ1v) is 6.59. The molecule has 1 N–H and O–H groups in total. The lowest BCUT2D eigenvalue weighted by molar-refractivity contribution is -0.612. The average Bonchev–Trinajstić information content (AvgIpc) is 2.48. The number of benzene rings is 2. The molecule has 0 aromatic heterocycles. The molecule has 2 rings (SSSR count). The molecule has 0 fully saturated rings. The highest BCUT2D eigenvalue weighted by molar-refractivity contribution is 9.10. The number of ketones is 1. The Morgan fingerprint density at radius 2 is 1.86 bits per heavy atom. The number of hydrogen-bond donors (Lipinski definition) is 1. The highest BCUT2D eigenvalue weighted by atomic mass is 79.9. The van der Waals surface area contributed by atoms with Crippen molar-refractivity contribution < 1.29 is 19.2 Å². The predicted octanol–water partition coefficient (Wildman–Crippen LogP) is 2.89. The maximum atomic E-state index is 13.9. The minimum absolute atomic E-state index is 0.0870. The summed E-state index contributed by atoms with van der Waals surface area (Å²) in [5, 5.41) is 21.5. The second kappa shape index (κ2) is 5.71. The number of carbonyl (C=O) groups excluding carboxylic acids is 1. The van der Waals surface area contributed by atoms with Crippen molar-refractivity contribution in [2.45, 2.75) is 5.72 Å². The SMILES string of the molecule is O=C(c1ccccc1)C(O)(c1cc(Br)ccc1F)[N+](=O)[O-]. The molecule has 0 saturated carbocycles. The van der Waals surface area contributed by atoms with E-state index >= 15 is 0 Å². The molecule has 0 amide bonds. The van der Waals surface area contributed by atoms with Crippen LogP contribution in [0.25, 0.3) is 0 Å². The lowest BCUT2D eigenvalue weighted by Crippen LogP contribution is -2.44. The van der Waals surface area contributed by atoms with Gasteiger partial charge >= 0.3 is 5.72 Å². The van der Waals surface area contributed by atoms with Crippen LogP contribution in [0, 0.1) is 15.9 Å². The average molecular weight is 354 g/mol. The first-order valence-electron chi connectivity index (χ1n) is 5.79. The van der Waals surface area contributed by atoms with Crippen LogP contribution in [0.5, 0.6) is 0 Å². The molecule has 2 aromatic carbocycles. The fourth-order valence-corrected chi connectivity index (χ4v) is 2.22. The van der Waals surface area contributed by atoms with Crippen molar-refractivity contribution in [3.05, 3.63) is 80.1 Å². The summed E-state index contributed by atoms with van der Waals surface area (Å²) in [6.07, 6.45) is 0. The minimum atomic E-state index is -3.19. The molecule has 0 aliphatic carbocycles. The van der Waals surface area contributed by atoms with E-state index in [4.69, 9.17) is 0 Å². The zero-order valence-electron chi connectivity index (χ0n) is 10.5. The third kappa shape index (κ3) is 2.70. The number of aliphatic hydroxyl groups is 1. The van der Waals surface area contributed by atoms with Crippen LogP contribution >= 0.6 is 15.9 Å². The van der Waals surface area contributed by atoms with Crippen molar-refractivity contribution in [1.29, 1.82) is 0 Å². The second-order valence-electron chi connectivity index (χ2n) is 4.25. The maximum Gasteiger partial charge on any atom is 0.415 e. The molecule has 7 heteroatoms. The quantitative estimate of drug-likeness (QED) is 0.396. The molecule has 108 valence electrons. The van der Waals surface area contributed by atoms with Crippen LogP contribution in [0.3, 0.4) is 0 Å². The van der Waals surface area contributed by atoms with Gasteiger partial charge in [-0.15, -0.1) is 0 Å². The number of halogens is 2. The first kappa shape index (κ1) is 15.3. The molecule has 0 aliphatic heterocycles. The van der Waals surface area contributed by atoms with Crippen LogP contribution in [0.1, 0.15) is 15.9 Å². The van der Waals surface area contributed by atoms with Crippen LogP contribution in [0.15, 0.2) is 53.0 Å². The Hall–Kier alpha value is -2.12. The monoisotopic (exact) mass is 353 g/mol. The predicted molar refractivity (Wildman–Crippen MR) is 75.8 cm³/mol. The highest BCUT2D eigenvalue weighted by Gasteiger charge is 2.53. The van der Waals surface area contributed by atoms with Gasteiger partial charge in [-0.05, 0) is 18.2 Å². The van der Waals surface area contributed by atoms with Gasteiger partial charge in [-0.2, -0.15) is 0 Å². The topological polar surface area (TPSA) is 80.4 Å². The summed E-state index contributed by atoms with van der Waals surface area (Å²) in [7, 11) is 0. The Balaban J connectivity index is 2.64. The summed E-state index contributed by atoms with van der Waals surface area (Å²) in [5.41, 5.74) is -3.98. The summed E-state index contributed by atoms with van der Waals surface area (Å²) in [6.45, 7) is 0. The number of carbonyl (C=O) groups is 1. The summed E-state index contributed by atoms with van der Waals surface area (Å²) >= 11 is 3.03. The molecular formula is C14H9BrFNO4. The smallest absolute Gasteiger partial charge is 0.320 e. The van der Waals surface area contributed by atoms with Crippen molar-refractivity contribution in [2.24, 2.45) is 0 Å². The van der Waals surface area contributed by atoms with Gasteiger partial charge in [0.15, 0.2) is 0 Å². The molecule has 2 aromatic rings. The molecule has 0 saturated heterocycles. The Morgan fingerprint density at radius 1 is 1.24 bits per heavy atom. The van der Waals surface area contributed by atoms with Gasteiger partial charge in [0.25, 0.3) is 5.78 Å². The number of nitrogens with zero attached hydrogens (tertiary/aromatic N) is 1. The lowest BCUT2D eigenvalue weighted by atomic mass is 9.93. The van der Waals surface area contributed by atoms with Gasteiger partial charge in [0.05, 0.1) is 4.92 Å². The van der Waals surface area contributed by atoms with E-state index < -0.39 is 27.8 Å². The van der Waals surface area contributed by atoms with Gasteiger partial charge in [-0.25, -0.2) is 4.39 Å². The summed E-state index contributed by atoms with van der Waals surface area (Å²) in [4.78, 5) is 22.3. The fourth-order valence-electron chi connectivity index (χ4n) is 1.86. The van der Waals surface area contributed by atoms with E-state index in [2.05, 4.69) is 15.9 Å².